The topological polar surface area (TPSA) is 16.1 Å². The molecule has 2 heterocycles. The number of hydrogen-bond acceptors (Lipinski definition) is 3. The average Bonchev–Trinajstić information content (AvgIpc) is 2.56. The second-order valence-corrected chi connectivity index (χ2v) is 5.48. The fourth-order valence-electron chi connectivity index (χ4n) is 2.07. The number of thiazole rings is 1. The van der Waals surface area contributed by atoms with Gasteiger partial charge < -0.3 is 0 Å². The van der Waals surface area contributed by atoms with Crippen molar-refractivity contribution in [3.63, 3.8) is 0 Å². The molecule has 78 valence electrons. The molecule has 0 N–H and O–H groups in total. The van der Waals surface area contributed by atoms with Gasteiger partial charge in [-0.3, -0.25) is 4.90 Å². The first-order chi connectivity index (χ1) is 6.75. The van der Waals surface area contributed by atoms with Gasteiger partial charge in [0, 0.05) is 23.7 Å². The molecule has 0 spiro atoms. The number of nitrogens with zero attached hydrogens (tertiary/aromatic N) is 2. The Morgan fingerprint density at radius 3 is 3.07 bits per heavy atom. The van der Waals surface area contributed by atoms with Crippen molar-refractivity contribution in [2.45, 2.75) is 45.7 Å². The second-order valence-electron chi connectivity index (χ2n) is 4.16. The highest BCUT2D eigenvalue weighted by Gasteiger charge is 2.18. The van der Waals surface area contributed by atoms with Crippen LogP contribution in [-0.4, -0.2) is 22.5 Å². The zero-order valence-corrected chi connectivity index (χ0v) is 9.81. The summed E-state index contributed by atoms with van der Waals surface area (Å²) in [6.07, 6.45) is 6.15. The normalized spacial score (nSPS) is 24.0. The van der Waals surface area contributed by atoms with Crippen LogP contribution in [0.5, 0.6) is 0 Å². The molecule has 1 unspecified atom stereocenters. The van der Waals surface area contributed by atoms with Gasteiger partial charge in [0.1, 0.15) is 0 Å². The zero-order valence-electron chi connectivity index (χ0n) is 8.99. The fraction of sp³-hybridized carbons (Fsp3) is 0.727. The molecular weight excluding hydrogens is 192 g/mol. The molecule has 0 aromatic carbocycles. The van der Waals surface area contributed by atoms with Crippen LogP contribution in [0.25, 0.3) is 0 Å². The van der Waals surface area contributed by atoms with Crippen molar-refractivity contribution >= 4 is 11.3 Å². The number of likely N-dealkylation sites (tertiary alicyclic amines) is 1. The lowest BCUT2D eigenvalue weighted by atomic mass is 10.0. The summed E-state index contributed by atoms with van der Waals surface area (Å²) in [4.78, 5) is 8.29. The summed E-state index contributed by atoms with van der Waals surface area (Å²) < 4.78 is 0. The number of hydrogen-bond donors (Lipinski definition) is 0. The minimum Gasteiger partial charge on any atom is -0.296 e. The molecule has 3 heteroatoms. The van der Waals surface area contributed by atoms with E-state index >= 15 is 0 Å². The van der Waals surface area contributed by atoms with Gasteiger partial charge in [0.25, 0.3) is 0 Å². The molecule has 1 saturated heterocycles. The van der Waals surface area contributed by atoms with E-state index in [9.17, 15) is 0 Å². The van der Waals surface area contributed by atoms with Crippen LogP contribution in [0.1, 0.15) is 36.1 Å². The van der Waals surface area contributed by atoms with Crippen LogP contribution >= 0.6 is 11.3 Å². The van der Waals surface area contributed by atoms with Crippen molar-refractivity contribution in [3.8, 4) is 0 Å². The molecule has 0 radical (unpaired) electrons. The van der Waals surface area contributed by atoms with E-state index in [1.54, 1.807) is 0 Å². The molecule has 0 saturated carbocycles. The Labute approximate surface area is 90.0 Å². The second kappa shape index (κ2) is 4.41. The van der Waals surface area contributed by atoms with Gasteiger partial charge in [-0.2, -0.15) is 0 Å². The molecule has 14 heavy (non-hydrogen) atoms. The van der Waals surface area contributed by atoms with E-state index in [4.69, 9.17) is 0 Å². The smallest absolute Gasteiger partial charge is 0.0897 e. The van der Waals surface area contributed by atoms with Crippen LogP contribution in [0.4, 0.5) is 0 Å². The molecule has 1 aromatic heterocycles. The van der Waals surface area contributed by atoms with Crippen LogP contribution in [0, 0.1) is 6.92 Å². The summed E-state index contributed by atoms with van der Waals surface area (Å²) in [6.45, 7) is 6.78. The minimum atomic E-state index is 0.756. The molecule has 0 aliphatic carbocycles. The van der Waals surface area contributed by atoms with Crippen LogP contribution in [0.2, 0.25) is 0 Å². The maximum absolute atomic E-state index is 4.30. The fourth-order valence-corrected chi connectivity index (χ4v) is 2.89. The Balaban J connectivity index is 1.95. The van der Waals surface area contributed by atoms with Gasteiger partial charge >= 0.3 is 0 Å². The number of aryl methyl sites for hydroxylation is 1. The van der Waals surface area contributed by atoms with Gasteiger partial charge in [0.2, 0.25) is 0 Å². The van der Waals surface area contributed by atoms with Crippen LogP contribution < -0.4 is 0 Å². The highest BCUT2D eigenvalue weighted by Crippen LogP contribution is 2.21. The monoisotopic (exact) mass is 210 g/mol. The van der Waals surface area contributed by atoms with Crippen molar-refractivity contribution in [2.75, 3.05) is 6.54 Å². The van der Waals surface area contributed by atoms with Gasteiger partial charge in [-0.05, 0) is 33.2 Å². The van der Waals surface area contributed by atoms with Crippen LogP contribution in [0.3, 0.4) is 0 Å². The van der Waals surface area contributed by atoms with Gasteiger partial charge in [0.15, 0.2) is 0 Å². The lowest BCUT2D eigenvalue weighted by molar-refractivity contribution is 0.154. The summed E-state index contributed by atoms with van der Waals surface area (Å²) in [7, 11) is 0. The Kier molecular flexibility index (Phi) is 3.19. The summed E-state index contributed by atoms with van der Waals surface area (Å²) in [5.41, 5.74) is 0. The first-order valence-corrected chi connectivity index (χ1v) is 6.23. The van der Waals surface area contributed by atoms with Crippen LogP contribution in [-0.2, 0) is 6.54 Å². The molecule has 0 bridgehead atoms. The van der Waals surface area contributed by atoms with E-state index in [2.05, 4.69) is 23.7 Å². The molecule has 2 rings (SSSR count). The molecule has 1 aliphatic heterocycles. The third-order valence-electron chi connectivity index (χ3n) is 2.97. The lowest BCUT2D eigenvalue weighted by Crippen LogP contribution is -2.36. The largest absolute Gasteiger partial charge is 0.296 e. The van der Waals surface area contributed by atoms with Crippen molar-refractivity contribution < 1.29 is 0 Å². The van der Waals surface area contributed by atoms with Crippen LogP contribution in [0.15, 0.2) is 6.20 Å². The van der Waals surface area contributed by atoms with Crippen molar-refractivity contribution in [3.05, 3.63) is 16.1 Å². The van der Waals surface area contributed by atoms with Crippen molar-refractivity contribution in [2.24, 2.45) is 0 Å². The van der Waals surface area contributed by atoms with E-state index in [1.165, 1.54) is 35.7 Å². The van der Waals surface area contributed by atoms with E-state index in [-0.39, 0.29) is 0 Å². The number of piperidine rings is 1. The highest BCUT2D eigenvalue weighted by molar-refractivity contribution is 7.11. The maximum Gasteiger partial charge on any atom is 0.0897 e. The predicted molar refractivity (Wildman–Crippen MR) is 60.6 cm³/mol. The standard InChI is InChI=1S/C11H18N2S/c1-9-5-3-4-6-13(9)8-11-7-12-10(2)14-11/h7,9H,3-6,8H2,1-2H3. The zero-order chi connectivity index (χ0) is 9.97. The average molecular weight is 210 g/mol. The number of rotatable bonds is 2. The minimum absolute atomic E-state index is 0.756. The predicted octanol–water partition coefficient (Wildman–Crippen LogP) is 2.83. The molecule has 1 aromatic rings. The van der Waals surface area contributed by atoms with Gasteiger partial charge in [-0.15, -0.1) is 11.3 Å². The van der Waals surface area contributed by atoms with E-state index in [1.807, 2.05) is 17.5 Å². The molecular formula is C11H18N2S. The Morgan fingerprint density at radius 2 is 2.43 bits per heavy atom. The molecule has 2 nitrogen and oxygen atoms in total. The van der Waals surface area contributed by atoms with E-state index in [0.717, 1.165) is 12.6 Å². The first-order valence-electron chi connectivity index (χ1n) is 5.41. The first kappa shape index (κ1) is 10.1. The summed E-state index contributed by atoms with van der Waals surface area (Å²) in [5.74, 6) is 0. The lowest BCUT2D eigenvalue weighted by Gasteiger charge is -2.32. The molecule has 1 fully saturated rings. The molecule has 1 aliphatic rings. The Morgan fingerprint density at radius 1 is 1.57 bits per heavy atom. The van der Waals surface area contributed by atoms with Crippen molar-refractivity contribution in [1.29, 1.82) is 0 Å². The Hall–Kier alpha value is -0.410. The molecule has 0 amide bonds. The third kappa shape index (κ3) is 2.34. The number of aromatic nitrogens is 1. The van der Waals surface area contributed by atoms with Gasteiger partial charge in [-0.25, -0.2) is 4.98 Å². The van der Waals surface area contributed by atoms with Gasteiger partial charge in [-0.1, -0.05) is 6.42 Å². The van der Waals surface area contributed by atoms with Gasteiger partial charge in [0.05, 0.1) is 5.01 Å². The summed E-state index contributed by atoms with van der Waals surface area (Å²) in [5, 5.41) is 1.18. The van der Waals surface area contributed by atoms with Crippen molar-refractivity contribution in [1.82, 2.24) is 9.88 Å². The highest BCUT2D eigenvalue weighted by atomic mass is 32.1. The summed E-state index contributed by atoms with van der Waals surface area (Å²) in [6, 6.07) is 0.756. The van der Waals surface area contributed by atoms with E-state index in [0.29, 0.717) is 0 Å². The molecule has 1 atom stereocenters. The third-order valence-corrected chi connectivity index (χ3v) is 3.87. The Bertz CT molecular complexity index is 295. The quantitative estimate of drug-likeness (QED) is 0.746. The summed E-state index contributed by atoms with van der Waals surface area (Å²) >= 11 is 1.83. The van der Waals surface area contributed by atoms with E-state index < -0.39 is 0 Å². The SMILES string of the molecule is Cc1ncc(CN2CCCCC2C)s1. The maximum atomic E-state index is 4.30.